The number of alkyl halides is 3. The van der Waals surface area contributed by atoms with Crippen LogP contribution in [0.1, 0.15) is 68.3 Å². The van der Waals surface area contributed by atoms with Gasteiger partial charge in [-0.2, -0.15) is 13.2 Å². The minimum absolute atomic E-state index is 0.00339. The number of halogens is 4. The molecule has 1 amide bonds. The molecule has 1 aliphatic carbocycles. The lowest BCUT2D eigenvalue weighted by molar-refractivity contribution is -0.0435. The number of anilines is 2. The second-order valence-electron chi connectivity index (χ2n) is 19.1. The van der Waals surface area contributed by atoms with E-state index in [1.54, 1.807) is 12.1 Å². The molecule has 1 atom stereocenters. The third kappa shape index (κ3) is 13.2. The Hall–Kier alpha value is -4.10. The predicted molar refractivity (Wildman–Crippen MR) is 268 cm³/mol. The van der Waals surface area contributed by atoms with Gasteiger partial charge in [0.1, 0.15) is 4.90 Å². The molecule has 2 N–H and O–H groups in total. The van der Waals surface area contributed by atoms with Crippen LogP contribution in [-0.2, 0) is 19.9 Å². The summed E-state index contributed by atoms with van der Waals surface area (Å²) in [7, 11) is -6.80. The molecule has 0 aromatic heterocycles. The molecule has 18 heteroatoms. The van der Waals surface area contributed by atoms with Gasteiger partial charge in [-0.15, -0.1) is 11.8 Å². The van der Waals surface area contributed by atoms with E-state index in [9.17, 15) is 34.8 Å². The summed E-state index contributed by atoms with van der Waals surface area (Å²) in [6.45, 7) is 10.9. The minimum Gasteiger partial charge on any atom is -0.380 e. The third-order valence-electron chi connectivity index (χ3n) is 13.4. The Kier molecular flexibility index (Phi) is 16.7. The summed E-state index contributed by atoms with van der Waals surface area (Å²) in [6, 6.07) is 26.4. The van der Waals surface area contributed by atoms with Crippen LogP contribution in [0, 0.1) is 5.41 Å². The number of allylic oxidation sites excluding steroid dienone is 1. The maximum absolute atomic E-state index is 14.3. The second kappa shape index (κ2) is 21.9. The van der Waals surface area contributed by atoms with Gasteiger partial charge in [0.2, 0.25) is 0 Å². The number of benzene rings is 4. The highest BCUT2D eigenvalue weighted by molar-refractivity contribution is 7.99. The SMILES string of the molecule is CN(C)C1CCN(CC[C@H](CSc2ccccc2)Nc2ccc(S(=O)(=O)NC(=O)c3ccc(N4CCN(CC5=C(c6ccc(Cl)cc6)CCC(C)(C)C5)CC4)cc3)cc2S(=O)(=O)C(F)(F)F)CC1. The topological polar surface area (TPSA) is 122 Å². The summed E-state index contributed by atoms with van der Waals surface area (Å²) in [5.41, 5.74) is -0.979. The number of hydrogen-bond acceptors (Lipinski definition) is 11. The molecule has 0 radical (unpaired) electrons. The van der Waals surface area contributed by atoms with Crippen molar-refractivity contribution in [2.24, 2.45) is 5.41 Å². The van der Waals surface area contributed by atoms with Gasteiger partial charge in [-0.1, -0.05) is 61.4 Å². The lowest BCUT2D eigenvalue weighted by Gasteiger charge is -2.39. The van der Waals surface area contributed by atoms with Crippen LogP contribution in [0.3, 0.4) is 0 Å². The summed E-state index contributed by atoms with van der Waals surface area (Å²) in [6.07, 6.45) is 5.58. The first-order valence-electron chi connectivity index (χ1n) is 23.1. The van der Waals surface area contributed by atoms with Crippen LogP contribution in [-0.4, -0.2) is 127 Å². The molecule has 4 aromatic rings. The fourth-order valence-electron chi connectivity index (χ4n) is 9.33. The van der Waals surface area contributed by atoms with Crippen LogP contribution in [0.15, 0.2) is 117 Å². The summed E-state index contributed by atoms with van der Waals surface area (Å²) in [5, 5.41) is 3.76. The molecule has 11 nitrogen and oxygen atoms in total. The monoisotopic (exact) mass is 1010 g/mol. The average Bonchev–Trinajstić information content (AvgIpc) is 3.30. The number of carbonyl (C=O) groups excluding carboxylic acids is 1. The van der Waals surface area contributed by atoms with Crippen LogP contribution in [0.2, 0.25) is 5.02 Å². The highest BCUT2D eigenvalue weighted by atomic mass is 35.5. The van der Waals surface area contributed by atoms with Gasteiger partial charge < -0.3 is 20.0 Å². The van der Waals surface area contributed by atoms with E-state index in [0.717, 1.165) is 101 Å². The van der Waals surface area contributed by atoms with Gasteiger partial charge in [-0.3, -0.25) is 9.69 Å². The Morgan fingerprint density at radius 3 is 2.16 bits per heavy atom. The van der Waals surface area contributed by atoms with Gasteiger partial charge in [0.25, 0.3) is 25.8 Å². The van der Waals surface area contributed by atoms with Crippen LogP contribution >= 0.6 is 23.4 Å². The van der Waals surface area contributed by atoms with E-state index < -0.39 is 47.1 Å². The van der Waals surface area contributed by atoms with Gasteiger partial charge in [-0.05, 0) is 149 Å². The van der Waals surface area contributed by atoms with E-state index in [1.165, 1.54) is 40.6 Å². The highest BCUT2D eigenvalue weighted by Crippen LogP contribution is 2.43. The number of likely N-dealkylation sites (tertiary alicyclic amines) is 1. The van der Waals surface area contributed by atoms with E-state index in [-0.39, 0.29) is 16.7 Å². The molecule has 0 unspecified atom stereocenters. The molecule has 0 spiro atoms. The zero-order valence-electron chi connectivity index (χ0n) is 39.1. The lowest BCUT2D eigenvalue weighted by atomic mass is 9.73. The summed E-state index contributed by atoms with van der Waals surface area (Å²) in [5.74, 6) is -0.630. The number of amides is 1. The number of rotatable bonds is 17. The molecule has 3 aliphatic rings. The third-order valence-corrected chi connectivity index (χ3v) is 17.6. The van der Waals surface area contributed by atoms with Crippen molar-refractivity contribution in [2.75, 3.05) is 82.4 Å². The second-order valence-corrected chi connectivity index (χ2v) is 24.2. The van der Waals surface area contributed by atoms with Crippen LogP contribution in [0.25, 0.3) is 5.57 Å². The maximum Gasteiger partial charge on any atom is 0.501 e. The lowest BCUT2D eigenvalue weighted by Crippen LogP contribution is -2.47. The molecule has 368 valence electrons. The van der Waals surface area contributed by atoms with E-state index in [0.29, 0.717) is 35.8 Å². The van der Waals surface area contributed by atoms with Gasteiger partial charge in [0, 0.05) is 78.3 Å². The number of piperazine rings is 1. The summed E-state index contributed by atoms with van der Waals surface area (Å²) >= 11 is 7.67. The fourth-order valence-corrected chi connectivity index (χ4v) is 12.5. The Morgan fingerprint density at radius 2 is 1.53 bits per heavy atom. The van der Waals surface area contributed by atoms with E-state index >= 15 is 0 Å². The number of sulfone groups is 1. The number of piperidine rings is 1. The zero-order valence-corrected chi connectivity index (χ0v) is 42.3. The number of sulfonamides is 1. The first-order valence-corrected chi connectivity index (χ1v) is 27.4. The smallest absolute Gasteiger partial charge is 0.380 e. The quantitative estimate of drug-likeness (QED) is 0.0985. The largest absolute Gasteiger partial charge is 0.501 e. The number of thioether (sulfide) groups is 1. The van der Waals surface area contributed by atoms with Crippen molar-refractivity contribution in [3.63, 3.8) is 0 Å². The van der Waals surface area contributed by atoms with Gasteiger partial charge in [0.05, 0.1) is 10.6 Å². The molecule has 0 saturated carbocycles. The van der Waals surface area contributed by atoms with E-state index in [2.05, 4.69) is 65.0 Å². The molecule has 2 aliphatic heterocycles. The number of nitrogens with one attached hydrogen (secondary N) is 2. The molecule has 0 bridgehead atoms. The van der Waals surface area contributed by atoms with Crippen molar-refractivity contribution in [1.29, 1.82) is 0 Å². The molecule has 2 heterocycles. The molecule has 7 rings (SSSR count). The number of nitrogens with zero attached hydrogens (tertiary/aromatic N) is 4. The predicted octanol–water partition coefficient (Wildman–Crippen LogP) is 9.53. The van der Waals surface area contributed by atoms with Crippen LogP contribution in [0.4, 0.5) is 24.5 Å². The standard InChI is InChI=1S/C50H62ClF3N6O5S3/c1-49(2)24-20-45(36-10-14-39(51)15-11-36)38(33-49)34-59-28-30-60(31-29-59)42-16-12-37(13-17-42)48(61)56-68(64,65)44-18-19-46(47(32-44)67(62,63)50(52,53)54)55-40(35-66-43-8-6-5-7-9-43)21-25-58-26-22-41(23-27-58)57(3)4/h5-19,32,40-41,55H,20-31,33-35H2,1-4H3,(H,56,61)/t40-/m1/s1. The van der Waals surface area contributed by atoms with E-state index in [1.807, 2.05) is 47.2 Å². The van der Waals surface area contributed by atoms with Crippen molar-refractivity contribution in [3.05, 3.63) is 119 Å². The fraction of sp³-hybridized carbons (Fsp3) is 0.460. The summed E-state index contributed by atoms with van der Waals surface area (Å²) < 4.78 is 98.4. The van der Waals surface area contributed by atoms with Crippen molar-refractivity contribution < 1.29 is 34.8 Å². The molecule has 2 saturated heterocycles. The van der Waals surface area contributed by atoms with Crippen molar-refractivity contribution in [3.8, 4) is 0 Å². The Bertz CT molecular complexity index is 2620. The van der Waals surface area contributed by atoms with Crippen molar-refractivity contribution in [2.45, 2.75) is 84.7 Å². The molecule has 68 heavy (non-hydrogen) atoms. The first-order chi connectivity index (χ1) is 32.2. The van der Waals surface area contributed by atoms with Crippen molar-refractivity contribution >= 4 is 66.1 Å². The molecule has 2 fully saturated rings. The molecular weight excluding hydrogens is 953 g/mol. The Labute approximate surface area is 409 Å². The van der Waals surface area contributed by atoms with E-state index in [4.69, 9.17) is 11.6 Å². The molecule has 4 aromatic carbocycles. The first kappa shape index (κ1) is 51.7. The summed E-state index contributed by atoms with van der Waals surface area (Å²) in [4.78, 5) is 21.4. The number of hydrogen-bond donors (Lipinski definition) is 2. The Balaban J connectivity index is 1.02. The van der Waals surface area contributed by atoms with Crippen LogP contribution < -0.4 is 14.9 Å². The van der Waals surface area contributed by atoms with Gasteiger partial charge >= 0.3 is 5.51 Å². The minimum atomic E-state index is -6.06. The number of carbonyl (C=O) groups is 1. The average molecular weight is 1020 g/mol. The van der Waals surface area contributed by atoms with Gasteiger partial charge in [0.15, 0.2) is 0 Å². The molecular formula is C50H62ClF3N6O5S3. The Morgan fingerprint density at radius 1 is 0.868 bits per heavy atom. The van der Waals surface area contributed by atoms with Crippen molar-refractivity contribution in [1.82, 2.24) is 19.4 Å². The highest BCUT2D eigenvalue weighted by Gasteiger charge is 2.48. The van der Waals surface area contributed by atoms with Gasteiger partial charge in [-0.25, -0.2) is 21.6 Å². The maximum atomic E-state index is 14.3. The van der Waals surface area contributed by atoms with Crippen LogP contribution in [0.5, 0.6) is 0 Å². The zero-order chi connectivity index (χ0) is 48.9. The normalized spacial score (nSPS) is 18.5.